The van der Waals surface area contributed by atoms with Crippen LogP contribution in [-0.4, -0.2) is 78.8 Å². The van der Waals surface area contributed by atoms with Crippen LogP contribution in [0.2, 0.25) is 5.02 Å². The van der Waals surface area contributed by atoms with Gasteiger partial charge in [-0.1, -0.05) is 18.0 Å². The highest BCUT2D eigenvalue weighted by molar-refractivity contribution is 6.34. The SMILES string of the molecule is CN(C)C(=O)c1ccc(N2CCC(C3CCN(C(=O)C(O)(C4CCC4)C(F)(F)F)CC3)CC2)cc1Cl. The molecule has 1 aromatic rings. The van der Waals surface area contributed by atoms with Crippen molar-refractivity contribution in [3.63, 3.8) is 0 Å². The zero-order chi connectivity index (χ0) is 26.3. The van der Waals surface area contributed by atoms with Gasteiger partial charge in [0.05, 0.1) is 10.6 Å². The molecule has 6 nitrogen and oxygen atoms in total. The fourth-order valence-corrected chi connectivity index (χ4v) is 6.17. The fraction of sp³-hybridized carbons (Fsp3) is 0.692. The molecule has 1 aromatic carbocycles. The number of carbonyl (C=O) groups excluding carboxylic acids is 2. The lowest BCUT2D eigenvalue weighted by Crippen LogP contribution is -2.64. The number of halogens is 4. The monoisotopic (exact) mass is 529 g/mol. The maximum Gasteiger partial charge on any atom is 0.426 e. The van der Waals surface area contributed by atoms with Gasteiger partial charge < -0.3 is 19.8 Å². The number of aliphatic hydroxyl groups is 1. The van der Waals surface area contributed by atoms with Crippen LogP contribution in [0, 0.1) is 17.8 Å². The van der Waals surface area contributed by atoms with Gasteiger partial charge >= 0.3 is 6.18 Å². The Morgan fingerprint density at radius 3 is 1.97 bits per heavy atom. The normalized spacial score (nSPS) is 22.2. The summed E-state index contributed by atoms with van der Waals surface area (Å²) in [5.41, 5.74) is -1.81. The second-order valence-electron chi connectivity index (χ2n) is 10.7. The first-order chi connectivity index (χ1) is 16.9. The van der Waals surface area contributed by atoms with Crippen molar-refractivity contribution in [3.05, 3.63) is 28.8 Å². The minimum atomic E-state index is -4.96. The molecule has 1 atom stereocenters. The molecule has 2 aliphatic heterocycles. The van der Waals surface area contributed by atoms with E-state index in [0.717, 1.165) is 31.6 Å². The number of anilines is 1. The van der Waals surface area contributed by atoms with Crippen molar-refractivity contribution in [2.75, 3.05) is 45.2 Å². The molecule has 36 heavy (non-hydrogen) atoms. The van der Waals surface area contributed by atoms with Crippen LogP contribution in [0.1, 0.15) is 55.3 Å². The molecule has 4 rings (SSSR count). The summed E-state index contributed by atoms with van der Waals surface area (Å²) in [7, 11) is 3.37. The molecule has 1 N–H and O–H groups in total. The number of amides is 2. The number of hydrogen-bond acceptors (Lipinski definition) is 4. The maximum atomic E-state index is 13.7. The number of likely N-dealkylation sites (tertiary alicyclic amines) is 1. The van der Waals surface area contributed by atoms with E-state index in [0.29, 0.717) is 41.7 Å². The largest absolute Gasteiger partial charge is 0.426 e. The van der Waals surface area contributed by atoms with Gasteiger partial charge in [0.1, 0.15) is 0 Å². The molecular weight excluding hydrogens is 495 g/mol. The Balaban J connectivity index is 1.31. The number of hydrogen-bond donors (Lipinski definition) is 1. The highest BCUT2D eigenvalue weighted by Crippen LogP contribution is 2.47. The van der Waals surface area contributed by atoms with Gasteiger partial charge in [-0.05, 0) is 68.6 Å². The smallest absolute Gasteiger partial charge is 0.372 e. The van der Waals surface area contributed by atoms with Gasteiger partial charge in [-0.15, -0.1) is 0 Å². The predicted molar refractivity (Wildman–Crippen MR) is 132 cm³/mol. The molecule has 1 aliphatic carbocycles. The predicted octanol–water partition coefficient (Wildman–Crippen LogP) is 4.59. The number of piperidine rings is 2. The summed E-state index contributed by atoms with van der Waals surface area (Å²) in [6.07, 6.45) is -0.675. The number of rotatable bonds is 5. The van der Waals surface area contributed by atoms with Crippen LogP contribution in [0.4, 0.5) is 18.9 Å². The lowest BCUT2D eigenvalue weighted by molar-refractivity contribution is -0.280. The third kappa shape index (κ3) is 5.05. The third-order valence-corrected chi connectivity index (χ3v) is 8.75. The number of carbonyl (C=O) groups is 2. The second-order valence-corrected chi connectivity index (χ2v) is 11.1. The van der Waals surface area contributed by atoms with E-state index >= 15 is 0 Å². The molecule has 2 saturated heterocycles. The molecule has 3 fully saturated rings. The molecule has 10 heteroatoms. The summed E-state index contributed by atoms with van der Waals surface area (Å²) >= 11 is 6.38. The lowest BCUT2D eigenvalue weighted by atomic mass is 9.71. The van der Waals surface area contributed by atoms with Gasteiger partial charge in [0.15, 0.2) is 0 Å². The van der Waals surface area contributed by atoms with Crippen molar-refractivity contribution in [3.8, 4) is 0 Å². The Morgan fingerprint density at radius 2 is 1.53 bits per heavy atom. The van der Waals surface area contributed by atoms with Crippen LogP contribution in [0.5, 0.6) is 0 Å². The molecule has 0 bridgehead atoms. The first-order valence-corrected chi connectivity index (χ1v) is 13.2. The summed E-state index contributed by atoms with van der Waals surface area (Å²) in [6, 6.07) is 5.49. The van der Waals surface area contributed by atoms with Crippen LogP contribution in [-0.2, 0) is 4.79 Å². The van der Waals surface area contributed by atoms with Crippen molar-refractivity contribution in [1.29, 1.82) is 0 Å². The molecule has 200 valence electrons. The van der Waals surface area contributed by atoms with E-state index < -0.39 is 23.6 Å². The van der Waals surface area contributed by atoms with E-state index in [9.17, 15) is 27.9 Å². The van der Waals surface area contributed by atoms with Crippen molar-refractivity contribution >= 4 is 29.1 Å². The fourth-order valence-electron chi connectivity index (χ4n) is 5.91. The number of alkyl halides is 3. The lowest BCUT2D eigenvalue weighted by Gasteiger charge is -2.46. The standard InChI is InChI=1S/C26H35ClF3N3O3/c1-31(2)23(34)21-7-6-20(16-22(21)27)32-12-8-17(9-13-32)18-10-14-33(15-11-18)24(35)25(36,26(28,29)30)19-4-3-5-19/h6-7,16-19,36H,3-5,8-15H2,1-2H3. The molecular formula is C26H35ClF3N3O3. The first-order valence-electron chi connectivity index (χ1n) is 12.8. The summed E-state index contributed by atoms with van der Waals surface area (Å²) in [4.78, 5) is 30.0. The average molecular weight is 530 g/mol. The van der Waals surface area contributed by atoms with Crippen molar-refractivity contribution in [2.45, 2.75) is 56.7 Å². The van der Waals surface area contributed by atoms with Crippen molar-refractivity contribution in [1.82, 2.24) is 9.80 Å². The van der Waals surface area contributed by atoms with Crippen LogP contribution in [0.3, 0.4) is 0 Å². The summed E-state index contributed by atoms with van der Waals surface area (Å²) in [6.45, 7) is 2.17. The number of nitrogens with zero attached hydrogens (tertiary/aromatic N) is 3. The highest BCUT2D eigenvalue weighted by Gasteiger charge is 2.65. The molecule has 1 saturated carbocycles. The van der Waals surface area contributed by atoms with E-state index in [4.69, 9.17) is 11.6 Å². The molecule has 0 radical (unpaired) electrons. The van der Waals surface area contributed by atoms with Crippen molar-refractivity contribution < 1.29 is 27.9 Å². The van der Waals surface area contributed by atoms with Gasteiger partial charge in [-0.3, -0.25) is 9.59 Å². The van der Waals surface area contributed by atoms with E-state index in [2.05, 4.69) is 4.90 Å². The Morgan fingerprint density at radius 1 is 0.972 bits per heavy atom. The molecule has 0 aromatic heterocycles. The van der Waals surface area contributed by atoms with Gasteiger partial charge in [0, 0.05) is 51.9 Å². The minimum absolute atomic E-state index is 0.142. The Hall–Kier alpha value is -2.00. The van der Waals surface area contributed by atoms with Crippen LogP contribution < -0.4 is 4.90 Å². The Labute approximate surface area is 215 Å². The number of benzene rings is 1. The first kappa shape index (κ1) is 27.0. The third-order valence-electron chi connectivity index (χ3n) is 8.44. The highest BCUT2D eigenvalue weighted by atomic mass is 35.5. The van der Waals surface area contributed by atoms with Crippen LogP contribution in [0.25, 0.3) is 0 Å². The quantitative estimate of drug-likeness (QED) is 0.606. The molecule has 2 amide bonds. The molecule has 3 aliphatic rings. The van der Waals surface area contributed by atoms with Crippen LogP contribution >= 0.6 is 11.6 Å². The Bertz CT molecular complexity index is 969. The molecule has 1 unspecified atom stereocenters. The maximum absolute atomic E-state index is 13.7. The van der Waals surface area contributed by atoms with Crippen molar-refractivity contribution in [2.24, 2.45) is 17.8 Å². The van der Waals surface area contributed by atoms with Gasteiger partial charge in [-0.25, -0.2) is 0 Å². The van der Waals surface area contributed by atoms with E-state index in [1.54, 1.807) is 20.2 Å². The summed E-state index contributed by atoms with van der Waals surface area (Å²) in [5, 5.41) is 10.9. The average Bonchev–Trinajstić information content (AvgIpc) is 2.81. The van der Waals surface area contributed by atoms with Gasteiger partial charge in [0.25, 0.3) is 11.8 Å². The van der Waals surface area contributed by atoms with E-state index in [1.165, 1.54) is 9.80 Å². The minimum Gasteiger partial charge on any atom is -0.372 e. The molecule has 0 spiro atoms. The Kier molecular flexibility index (Phi) is 7.81. The summed E-state index contributed by atoms with van der Waals surface area (Å²) < 4.78 is 41.2. The van der Waals surface area contributed by atoms with Gasteiger partial charge in [0.2, 0.25) is 5.60 Å². The summed E-state index contributed by atoms with van der Waals surface area (Å²) in [5.74, 6) is -1.55. The molecule has 2 heterocycles. The van der Waals surface area contributed by atoms with Gasteiger partial charge in [-0.2, -0.15) is 13.2 Å². The second kappa shape index (κ2) is 10.4. The topological polar surface area (TPSA) is 64.1 Å². The zero-order valence-corrected chi connectivity index (χ0v) is 21.6. The van der Waals surface area contributed by atoms with E-state index in [-0.39, 0.29) is 31.8 Å². The van der Waals surface area contributed by atoms with E-state index in [1.807, 2.05) is 12.1 Å². The zero-order valence-electron chi connectivity index (χ0n) is 20.9. The van der Waals surface area contributed by atoms with Crippen LogP contribution in [0.15, 0.2) is 18.2 Å².